The van der Waals surface area contributed by atoms with Crippen LogP contribution in [-0.4, -0.2) is 38.9 Å². The molecule has 3 rings (SSSR count). The Morgan fingerprint density at radius 2 is 1.82 bits per heavy atom. The van der Waals surface area contributed by atoms with E-state index in [1.807, 2.05) is 30.3 Å². The van der Waals surface area contributed by atoms with Gasteiger partial charge in [-0.05, 0) is 38.1 Å². The van der Waals surface area contributed by atoms with E-state index in [2.05, 4.69) is 20.5 Å². The lowest BCUT2D eigenvalue weighted by atomic mass is 10.2. The number of amides is 1. The van der Waals surface area contributed by atoms with Crippen LogP contribution in [0.4, 0.5) is 5.69 Å². The maximum atomic E-state index is 12.1. The van der Waals surface area contributed by atoms with Gasteiger partial charge in [-0.1, -0.05) is 42.1 Å². The highest BCUT2D eigenvalue weighted by atomic mass is 32.2. The lowest BCUT2D eigenvalue weighted by Crippen LogP contribution is -2.15. The highest BCUT2D eigenvalue weighted by Crippen LogP contribution is 2.19. The zero-order valence-corrected chi connectivity index (χ0v) is 16.3. The first-order valence-electron chi connectivity index (χ1n) is 8.73. The maximum absolute atomic E-state index is 12.1. The number of thioether (sulfide) groups is 1. The zero-order chi connectivity index (χ0) is 19.9. The Balaban J connectivity index is 1.51. The summed E-state index contributed by atoms with van der Waals surface area (Å²) in [5.74, 6) is 0.256. The fraction of sp³-hybridized carbons (Fsp3) is 0.200. The smallest absolute Gasteiger partial charge is 0.338 e. The minimum Gasteiger partial charge on any atom is -0.459 e. The van der Waals surface area contributed by atoms with Gasteiger partial charge < -0.3 is 10.1 Å². The number of ether oxygens (including phenoxy) is 1. The number of aromatic nitrogens is 3. The number of hydrogen-bond donors (Lipinski definition) is 2. The molecule has 144 valence electrons. The van der Waals surface area contributed by atoms with E-state index in [0.29, 0.717) is 22.2 Å². The molecule has 2 aromatic carbocycles. The van der Waals surface area contributed by atoms with Crippen LogP contribution < -0.4 is 5.32 Å². The molecule has 0 radical (unpaired) electrons. The van der Waals surface area contributed by atoms with Gasteiger partial charge in [-0.2, -0.15) is 0 Å². The lowest BCUT2D eigenvalue weighted by Gasteiger charge is -2.08. The summed E-state index contributed by atoms with van der Waals surface area (Å²) in [6.45, 7) is 3.59. The summed E-state index contributed by atoms with van der Waals surface area (Å²) in [5, 5.41) is 10.3. The Morgan fingerprint density at radius 3 is 2.50 bits per heavy atom. The van der Waals surface area contributed by atoms with Crippen molar-refractivity contribution in [3.63, 3.8) is 0 Å². The molecule has 0 unspecified atom stereocenters. The number of rotatable bonds is 7. The van der Waals surface area contributed by atoms with Gasteiger partial charge in [0.2, 0.25) is 11.1 Å². The Bertz CT molecular complexity index is 940. The number of anilines is 1. The molecule has 0 aliphatic heterocycles. The molecule has 0 aliphatic carbocycles. The highest BCUT2D eigenvalue weighted by Gasteiger charge is 2.11. The summed E-state index contributed by atoms with van der Waals surface area (Å²) in [7, 11) is 0. The predicted molar refractivity (Wildman–Crippen MR) is 108 cm³/mol. The Hall–Kier alpha value is -3.13. The number of carbonyl (C=O) groups excluding carboxylic acids is 2. The van der Waals surface area contributed by atoms with Crippen LogP contribution in [0.15, 0.2) is 59.8 Å². The van der Waals surface area contributed by atoms with Gasteiger partial charge in [0.15, 0.2) is 5.82 Å². The van der Waals surface area contributed by atoms with Crippen LogP contribution in [0.3, 0.4) is 0 Å². The van der Waals surface area contributed by atoms with E-state index in [1.54, 1.807) is 38.1 Å². The SMILES string of the molecule is CC(C)OC(=O)c1ccc(NC(=O)CSc2n[nH]c(-c3ccccc3)n2)cc1. The number of benzene rings is 2. The van der Waals surface area contributed by atoms with Gasteiger partial charge in [-0.15, -0.1) is 5.10 Å². The van der Waals surface area contributed by atoms with Crippen molar-refractivity contribution in [2.75, 3.05) is 11.1 Å². The van der Waals surface area contributed by atoms with Crippen molar-refractivity contribution < 1.29 is 14.3 Å². The molecule has 0 spiro atoms. The average molecular weight is 396 g/mol. The van der Waals surface area contributed by atoms with Gasteiger partial charge >= 0.3 is 5.97 Å². The molecule has 0 bridgehead atoms. The predicted octanol–water partition coefficient (Wildman–Crippen LogP) is 3.77. The van der Waals surface area contributed by atoms with Crippen molar-refractivity contribution in [1.82, 2.24) is 15.2 Å². The van der Waals surface area contributed by atoms with Gasteiger partial charge in [-0.3, -0.25) is 9.89 Å². The molecule has 0 saturated heterocycles. The third-order valence-electron chi connectivity index (χ3n) is 3.59. The van der Waals surface area contributed by atoms with Crippen LogP contribution >= 0.6 is 11.8 Å². The molecule has 1 aromatic heterocycles. The summed E-state index contributed by atoms with van der Waals surface area (Å²) in [6.07, 6.45) is -0.179. The molecule has 0 atom stereocenters. The van der Waals surface area contributed by atoms with Crippen molar-refractivity contribution in [3.8, 4) is 11.4 Å². The largest absolute Gasteiger partial charge is 0.459 e. The van der Waals surface area contributed by atoms with Crippen molar-refractivity contribution in [2.45, 2.75) is 25.1 Å². The Kier molecular flexibility index (Phi) is 6.44. The quantitative estimate of drug-likeness (QED) is 0.466. The number of nitrogens with zero attached hydrogens (tertiary/aromatic N) is 2. The number of hydrogen-bond acceptors (Lipinski definition) is 6. The third-order valence-corrected chi connectivity index (χ3v) is 4.44. The van der Waals surface area contributed by atoms with Crippen molar-refractivity contribution in [3.05, 3.63) is 60.2 Å². The van der Waals surface area contributed by atoms with E-state index in [4.69, 9.17) is 4.74 Å². The molecular formula is C20H20N4O3S. The van der Waals surface area contributed by atoms with Crippen LogP contribution in [-0.2, 0) is 9.53 Å². The minimum atomic E-state index is -0.387. The highest BCUT2D eigenvalue weighted by molar-refractivity contribution is 7.99. The van der Waals surface area contributed by atoms with Crippen LogP contribution in [0.1, 0.15) is 24.2 Å². The number of carbonyl (C=O) groups is 2. The molecule has 0 aliphatic rings. The second kappa shape index (κ2) is 9.18. The van der Waals surface area contributed by atoms with E-state index in [1.165, 1.54) is 11.8 Å². The first kappa shape index (κ1) is 19.6. The van der Waals surface area contributed by atoms with Gasteiger partial charge in [0.25, 0.3) is 0 Å². The van der Waals surface area contributed by atoms with E-state index in [0.717, 1.165) is 5.56 Å². The van der Waals surface area contributed by atoms with Crippen molar-refractivity contribution in [2.24, 2.45) is 0 Å². The molecule has 1 heterocycles. The second-order valence-electron chi connectivity index (χ2n) is 6.20. The van der Waals surface area contributed by atoms with Crippen molar-refractivity contribution in [1.29, 1.82) is 0 Å². The summed E-state index contributed by atoms with van der Waals surface area (Å²) in [6, 6.07) is 16.2. The molecule has 0 fully saturated rings. The topological polar surface area (TPSA) is 97.0 Å². The first-order chi connectivity index (χ1) is 13.5. The third kappa shape index (κ3) is 5.43. The molecule has 0 saturated carbocycles. The molecule has 2 N–H and O–H groups in total. The monoisotopic (exact) mass is 396 g/mol. The molecule has 7 nitrogen and oxygen atoms in total. The molecule has 28 heavy (non-hydrogen) atoms. The summed E-state index contributed by atoms with van der Waals surface area (Å²) >= 11 is 1.24. The second-order valence-corrected chi connectivity index (χ2v) is 7.14. The fourth-order valence-electron chi connectivity index (χ4n) is 2.34. The fourth-order valence-corrected chi connectivity index (χ4v) is 2.93. The number of esters is 1. The van der Waals surface area contributed by atoms with E-state index in [9.17, 15) is 9.59 Å². The average Bonchev–Trinajstić information content (AvgIpc) is 3.16. The van der Waals surface area contributed by atoms with E-state index < -0.39 is 0 Å². The lowest BCUT2D eigenvalue weighted by molar-refractivity contribution is -0.113. The summed E-state index contributed by atoms with van der Waals surface area (Å²) in [4.78, 5) is 28.3. The Labute approximate surface area is 166 Å². The maximum Gasteiger partial charge on any atom is 0.338 e. The van der Waals surface area contributed by atoms with Crippen LogP contribution in [0.25, 0.3) is 11.4 Å². The molecule has 8 heteroatoms. The van der Waals surface area contributed by atoms with Gasteiger partial charge in [-0.25, -0.2) is 9.78 Å². The standard InChI is InChI=1S/C20H20N4O3S/c1-13(2)27-19(26)15-8-10-16(11-9-15)21-17(25)12-28-20-22-18(23-24-20)14-6-4-3-5-7-14/h3-11,13H,12H2,1-2H3,(H,21,25)(H,22,23,24). The summed E-state index contributed by atoms with van der Waals surface area (Å²) < 4.78 is 5.13. The van der Waals surface area contributed by atoms with Crippen molar-refractivity contribution >= 4 is 29.3 Å². The van der Waals surface area contributed by atoms with Gasteiger partial charge in [0.1, 0.15) is 0 Å². The Morgan fingerprint density at radius 1 is 1.11 bits per heavy atom. The van der Waals surface area contributed by atoms with Crippen LogP contribution in [0.5, 0.6) is 0 Å². The van der Waals surface area contributed by atoms with Crippen LogP contribution in [0.2, 0.25) is 0 Å². The summed E-state index contributed by atoms with van der Waals surface area (Å²) in [5.41, 5.74) is 1.98. The number of aromatic amines is 1. The van der Waals surface area contributed by atoms with E-state index >= 15 is 0 Å². The zero-order valence-electron chi connectivity index (χ0n) is 15.5. The normalized spacial score (nSPS) is 10.7. The van der Waals surface area contributed by atoms with Gasteiger partial charge in [0, 0.05) is 11.3 Å². The van der Waals surface area contributed by atoms with E-state index in [-0.39, 0.29) is 23.7 Å². The molecular weight excluding hydrogens is 376 g/mol. The minimum absolute atomic E-state index is 0.170. The van der Waals surface area contributed by atoms with Crippen LogP contribution in [0, 0.1) is 0 Å². The number of nitrogens with one attached hydrogen (secondary N) is 2. The molecule has 3 aromatic rings. The first-order valence-corrected chi connectivity index (χ1v) is 9.71. The van der Waals surface area contributed by atoms with Gasteiger partial charge in [0.05, 0.1) is 17.4 Å². The number of H-pyrrole nitrogens is 1. The molecule has 1 amide bonds.